The molecule has 0 radical (unpaired) electrons. The van der Waals surface area contributed by atoms with Crippen molar-refractivity contribution in [3.05, 3.63) is 53.4 Å². The van der Waals surface area contributed by atoms with Gasteiger partial charge < -0.3 is 10.8 Å². The number of rotatable bonds is 6. The summed E-state index contributed by atoms with van der Waals surface area (Å²) in [6.07, 6.45) is 3.77. The Balaban J connectivity index is 1.84. The molecule has 0 fully saturated rings. The number of nitrogen functional groups attached to an aromatic ring is 1. The van der Waals surface area contributed by atoms with E-state index >= 15 is 0 Å². The largest absolute Gasteiger partial charge is 0.507 e. The molecule has 0 aliphatic carbocycles. The third-order valence-corrected chi connectivity index (χ3v) is 3.85. The molecule has 1 aromatic carbocycles. The van der Waals surface area contributed by atoms with Gasteiger partial charge in [-0.2, -0.15) is 14.9 Å². The van der Waals surface area contributed by atoms with Crippen LogP contribution in [0.2, 0.25) is 0 Å². The minimum absolute atomic E-state index is 0.108. The van der Waals surface area contributed by atoms with Gasteiger partial charge in [-0.15, -0.1) is 11.7 Å². The van der Waals surface area contributed by atoms with E-state index in [1.165, 1.54) is 10.9 Å². The predicted octanol–water partition coefficient (Wildman–Crippen LogP) is 1.82. The summed E-state index contributed by atoms with van der Waals surface area (Å²) in [5, 5.41) is 33.7. The van der Waals surface area contributed by atoms with Gasteiger partial charge >= 0.3 is 0 Å². The van der Waals surface area contributed by atoms with E-state index in [0.717, 1.165) is 5.56 Å². The third-order valence-electron chi connectivity index (χ3n) is 3.85. The number of phenols is 1. The lowest BCUT2D eigenvalue weighted by Crippen LogP contribution is -2.04. The van der Waals surface area contributed by atoms with Crippen molar-refractivity contribution in [1.82, 2.24) is 25.3 Å². The van der Waals surface area contributed by atoms with Crippen LogP contribution in [0.3, 0.4) is 0 Å². The minimum atomic E-state index is 0.108. The second-order valence-corrected chi connectivity index (χ2v) is 5.69. The molecule has 3 aromatic rings. The number of nitrogens with two attached hydrogens (primary N) is 1. The van der Waals surface area contributed by atoms with E-state index in [1.807, 2.05) is 12.1 Å². The first-order valence-corrected chi connectivity index (χ1v) is 8.03. The van der Waals surface area contributed by atoms with Gasteiger partial charge in [-0.25, -0.2) is 4.63 Å². The summed E-state index contributed by atoms with van der Waals surface area (Å²) >= 11 is 0. The number of anilines is 1. The fourth-order valence-corrected chi connectivity index (χ4v) is 2.46. The number of allylic oxidation sites excluding steroid dienone is 1. The Labute approximate surface area is 154 Å². The summed E-state index contributed by atoms with van der Waals surface area (Å²) in [4.78, 5) is 0. The number of aromatic nitrogens is 5. The SMILES string of the molecule is C=CCc1cccc(/C=N\N=C(/C)c2nnn(-c3nonc3N)c2C)c1O. The van der Waals surface area contributed by atoms with Gasteiger partial charge in [-0.05, 0) is 42.2 Å². The lowest BCUT2D eigenvalue weighted by Gasteiger charge is -2.03. The smallest absolute Gasteiger partial charge is 0.243 e. The highest BCUT2D eigenvalue weighted by Gasteiger charge is 2.17. The maximum absolute atomic E-state index is 10.2. The van der Waals surface area contributed by atoms with Crippen LogP contribution in [-0.4, -0.2) is 42.3 Å². The summed E-state index contributed by atoms with van der Waals surface area (Å²) < 4.78 is 5.99. The monoisotopic (exact) mass is 366 g/mol. The summed E-state index contributed by atoms with van der Waals surface area (Å²) in [6.45, 7) is 7.21. The van der Waals surface area contributed by atoms with Crippen LogP contribution in [0.15, 0.2) is 45.7 Å². The van der Waals surface area contributed by atoms with Crippen molar-refractivity contribution in [3.63, 3.8) is 0 Å². The quantitative estimate of drug-likeness (QED) is 0.385. The Hall–Kier alpha value is -3.82. The molecule has 0 aliphatic rings. The van der Waals surface area contributed by atoms with E-state index in [-0.39, 0.29) is 17.4 Å². The van der Waals surface area contributed by atoms with Crippen molar-refractivity contribution < 1.29 is 9.74 Å². The van der Waals surface area contributed by atoms with E-state index in [9.17, 15) is 5.11 Å². The Bertz CT molecular complexity index is 1030. The summed E-state index contributed by atoms with van der Waals surface area (Å²) in [5.74, 6) is 0.522. The van der Waals surface area contributed by atoms with Crippen LogP contribution in [-0.2, 0) is 6.42 Å². The van der Waals surface area contributed by atoms with Crippen LogP contribution >= 0.6 is 0 Å². The summed E-state index contributed by atoms with van der Waals surface area (Å²) in [5.41, 5.74) is 8.73. The number of benzene rings is 1. The van der Waals surface area contributed by atoms with Crippen molar-refractivity contribution in [2.75, 3.05) is 5.73 Å². The molecule has 0 aliphatic heterocycles. The molecule has 138 valence electrons. The fourth-order valence-electron chi connectivity index (χ4n) is 2.46. The lowest BCUT2D eigenvalue weighted by atomic mass is 10.1. The van der Waals surface area contributed by atoms with E-state index < -0.39 is 0 Å². The van der Waals surface area contributed by atoms with Gasteiger partial charge in [0.05, 0.1) is 17.6 Å². The highest BCUT2D eigenvalue weighted by Crippen LogP contribution is 2.21. The molecule has 2 heterocycles. The van der Waals surface area contributed by atoms with Crippen molar-refractivity contribution in [3.8, 4) is 11.6 Å². The fraction of sp³-hybridized carbons (Fsp3) is 0.176. The standard InChI is InChI=1S/C17H18N8O2/c1-4-6-12-7-5-8-13(15(12)26)9-19-20-10(2)14-11(3)25(24-21-14)17-16(18)22-27-23-17/h4-5,7-9,26H,1,6H2,2-3H3,(H2,18,22)/b19-9-,20-10+. The second kappa shape index (κ2) is 7.60. The highest BCUT2D eigenvalue weighted by atomic mass is 16.6. The molecular formula is C17H18N8O2. The molecule has 0 bridgehead atoms. The van der Waals surface area contributed by atoms with Gasteiger partial charge in [0, 0.05) is 5.56 Å². The molecule has 3 rings (SSSR count). The lowest BCUT2D eigenvalue weighted by molar-refractivity contribution is 0.306. The molecule has 27 heavy (non-hydrogen) atoms. The number of hydrogen-bond acceptors (Lipinski definition) is 9. The minimum Gasteiger partial charge on any atom is -0.507 e. The number of nitrogens with zero attached hydrogens (tertiary/aromatic N) is 7. The van der Waals surface area contributed by atoms with Crippen LogP contribution in [0, 0.1) is 6.92 Å². The van der Waals surface area contributed by atoms with Crippen LogP contribution in [0.1, 0.15) is 29.4 Å². The van der Waals surface area contributed by atoms with E-state index in [4.69, 9.17) is 5.73 Å². The first kappa shape index (κ1) is 18.0. The summed E-state index contributed by atoms with van der Waals surface area (Å²) in [6, 6.07) is 5.41. The van der Waals surface area contributed by atoms with E-state index in [0.29, 0.717) is 29.1 Å². The predicted molar refractivity (Wildman–Crippen MR) is 100 cm³/mol. The Kier molecular flexibility index (Phi) is 5.06. The van der Waals surface area contributed by atoms with Crippen molar-refractivity contribution in [1.29, 1.82) is 0 Å². The Morgan fingerprint density at radius 3 is 2.93 bits per heavy atom. The van der Waals surface area contributed by atoms with E-state index in [1.54, 1.807) is 26.0 Å². The number of phenolic OH excluding ortho intramolecular Hbond substituents is 1. The van der Waals surface area contributed by atoms with Crippen molar-refractivity contribution in [2.24, 2.45) is 10.2 Å². The molecule has 10 nitrogen and oxygen atoms in total. The Morgan fingerprint density at radius 2 is 2.22 bits per heavy atom. The molecule has 0 unspecified atom stereocenters. The topological polar surface area (TPSA) is 141 Å². The zero-order chi connectivity index (χ0) is 19.4. The average molecular weight is 366 g/mol. The molecule has 10 heteroatoms. The van der Waals surface area contributed by atoms with Gasteiger partial charge in [-0.3, -0.25) is 0 Å². The van der Waals surface area contributed by atoms with Crippen LogP contribution < -0.4 is 5.73 Å². The first-order valence-electron chi connectivity index (χ1n) is 8.03. The van der Waals surface area contributed by atoms with Gasteiger partial charge in [0.25, 0.3) is 0 Å². The van der Waals surface area contributed by atoms with Crippen LogP contribution in [0.4, 0.5) is 5.82 Å². The molecular weight excluding hydrogens is 348 g/mol. The van der Waals surface area contributed by atoms with Gasteiger partial charge in [-0.1, -0.05) is 23.4 Å². The number of hydrogen-bond donors (Lipinski definition) is 2. The number of para-hydroxylation sites is 1. The van der Waals surface area contributed by atoms with Crippen LogP contribution in [0.25, 0.3) is 5.82 Å². The third kappa shape index (κ3) is 3.59. The normalized spacial score (nSPS) is 12.0. The zero-order valence-corrected chi connectivity index (χ0v) is 14.9. The van der Waals surface area contributed by atoms with Crippen molar-refractivity contribution in [2.45, 2.75) is 20.3 Å². The van der Waals surface area contributed by atoms with Gasteiger partial charge in [0.1, 0.15) is 11.4 Å². The molecule has 0 amide bonds. The van der Waals surface area contributed by atoms with Gasteiger partial charge in [0.15, 0.2) is 0 Å². The summed E-state index contributed by atoms with van der Waals surface area (Å²) in [7, 11) is 0. The highest BCUT2D eigenvalue weighted by molar-refractivity contribution is 5.98. The molecule has 2 aromatic heterocycles. The van der Waals surface area contributed by atoms with Crippen molar-refractivity contribution >= 4 is 17.7 Å². The molecule has 0 spiro atoms. The zero-order valence-electron chi connectivity index (χ0n) is 14.9. The molecule has 0 saturated carbocycles. The maximum Gasteiger partial charge on any atom is 0.243 e. The van der Waals surface area contributed by atoms with E-state index in [2.05, 4.69) is 42.0 Å². The molecule has 0 saturated heterocycles. The number of aromatic hydroxyl groups is 1. The average Bonchev–Trinajstić information content (AvgIpc) is 3.23. The second-order valence-electron chi connectivity index (χ2n) is 5.69. The van der Waals surface area contributed by atoms with Gasteiger partial charge in [0.2, 0.25) is 11.6 Å². The maximum atomic E-state index is 10.2. The molecule has 0 atom stereocenters. The first-order chi connectivity index (χ1) is 13.0. The Morgan fingerprint density at radius 1 is 1.41 bits per heavy atom. The molecule has 3 N–H and O–H groups in total. The van der Waals surface area contributed by atoms with Crippen LogP contribution in [0.5, 0.6) is 5.75 Å².